The first-order valence-corrected chi connectivity index (χ1v) is 6.46. The normalized spacial score (nSPS) is 28.2. The summed E-state index contributed by atoms with van der Waals surface area (Å²) in [5, 5.41) is 0. The minimum absolute atomic E-state index is 0.235. The van der Waals surface area contributed by atoms with Crippen LogP contribution < -0.4 is 5.73 Å². The van der Waals surface area contributed by atoms with Crippen molar-refractivity contribution in [3.05, 3.63) is 0 Å². The van der Waals surface area contributed by atoms with Crippen LogP contribution in [0.4, 0.5) is 4.79 Å². The summed E-state index contributed by atoms with van der Waals surface area (Å²) in [5.74, 6) is 0.657. The lowest BCUT2D eigenvalue weighted by atomic mass is 10.0. The fourth-order valence-electron chi connectivity index (χ4n) is 2.65. The lowest BCUT2D eigenvalue weighted by molar-refractivity contribution is 0.121. The number of hydrogen-bond donors (Lipinski definition) is 1. The van der Waals surface area contributed by atoms with E-state index >= 15 is 0 Å². The quantitative estimate of drug-likeness (QED) is 0.675. The van der Waals surface area contributed by atoms with Crippen LogP contribution in [-0.4, -0.2) is 48.1 Å². The van der Waals surface area contributed by atoms with Crippen LogP contribution in [0, 0.1) is 5.92 Å². The largest absolute Gasteiger partial charge is 0.328 e. The maximum atomic E-state index is 12.2. The van der Waals surface area contributed by atoms with Gasteiger partial charge in [-0.15, -0.1) is 0 Å². The third kappa shape index (κ3) is 2.67. The van der Waals surface area contributed by atoms with Crippen LogP contribution in [0.15, 0.2) is 0 Å². The van der Waals surface area contributed by atoms with Gasteiger partial charge in [-0.05, 0) is 31.6 Å². The van der Waals surface area contributed by atoms with Gasteiger partial charge in [0, 0.05) is 32.2 Å². The van der Waals surface area contributed by atoms with E-state index in [1.807, 2.05) is 9.80 Å². The van der Waals surface area contributed by atoms with Crippen molar-refractivity contribution in [3.8, 4) is 0 Å². The van der Waals surface area contributed by atoms with Crippen molar-refractivity contribution in [2.24, 2.45) is 11.7 Å². The minimum Gasteiger partial charge on any atom is -0.328 e. The zero-order valence-corrected chi connectivity index (χ0v) is 10.2. The van der Waals surface area contributed by atoms with E-state index in [1.165, 1.54) is 6.42 Å². The Labute approximate surface area is 97.8 Å². The lowest BCUT2D eigenvalue weighted by Gasteiger charge is -2.38. The number of carbonyl (C=O) groups excluding carboxylic acids is 1. The van der Waals surface area contributed by atoms with Crippen LogP contribution in [-0.2, 0) is 0 Å². The van der Waals surface area contributed by atoms with Gasteiger partial charge in [-0.25, -0.2) is 4.79 Å². The fourth-order valence-corrected chi connectivity index (χ4v) is 2.65. The Morgan fingerprint density at radius 1 is 1.12 bits per heavy atom. The van der Waals surface area contributed by atoms with Crippen LogP contribution in [0.3, 0.4) is 0 Å². The fraction of sp³-hybridized carbons (Fsp3) is 0.917. The summed E-state index contributed by atoms with van der Waals surface area (Å²) in [6.45, 7) is 5.77. The van der Waals surface area contributed by atoms with Gasteiger partial charge in [0.1, 0.15) is 0 Å². The van der Waals surface area contributed by atoms with Gasteiger partial charge >= 0.3 is 6.03 Å². The van der Waals surface area contributed by atoms with E-state index < -0.39 is 0 Å². The van der Waals surface area contributed by atoms with Crippen molar-refractivity contribution in [2.75, 3.05) is 26.2 Å². The van der Waals surface area contributed by atoms with Crippen LogP contribution >= 0.6 is 0 Å². The molecule has 0 aromatic rings. The minimum atomic E-state index is 0.235. The zero-order chi connectivity index (χ0) is 11.5. The SMILES string of the molecule is C[C@H]1CCCN(C(=O)N2CCC(N)CC2)C1. The van der Waals surface area contributed by atoms with Gasteiger partial charge in [-0.3, -0.25) is 0 Å². The molecule has 2 saturated heterocycles. The highest BCUT2D eigenvalue weighted by molar-refractivity contribution is 5.74. The molecular weight excluding hydrogens is 202 g/mol. The first kappa shape index (κ1) is 11.7. The van der Waals surface area contributed by atoms with Crippen molar-refractivity contribution in [1.82, 2.24) is 9.80 Å². The second-order valence-corrected chi connectivity index (χ2v) is 5.30. The molecule has 1 atom stereocenters. The molecule has 16 heavy (non-hydrogen) atoms. The summed E-state index contributed by atoms with van der Waals surface area (Å²) < 4.78 is 0. The van der Waals surface area contributed by atoms with Crippen LogP contribution in [0.25, 0.3) is 0 Å². The molecule has 4 nitrogen and oxygen atoms in total. The molecule has 2 fully saturated rings. The van der Waals surface area contributed by atoms with Crippen molar-refractivity contribution < 1.29 is 4.79 Å². The maximum absolute atomic E-state index is 12.2. The van der Waals surface area contributed by atoms with Crippen molar-refractivity contribution in [3.63, 3.8) is 0 Å². The molecule has 2 rings (SSSR count). The topological polar surface area (TPSA) is 49.6 Å². The van der Waals surface area contributed by atoms with Crippen LogP contribution in [0.1, 0.15) is 32.6 Å². The van der Waals surface area contributed by atoms with E-state index in [4.69, 9.17) is 5.73 Å². The molecule has 0 unspecified atom stereocenters. The summed E-state index contributed by atoms with van der Waals surface area (Å²) in [4.78, 5) is 16.2. The Kier molecular flexibility index (Phi) is 3.69. The summed E-state index contributed by atoms with van der Waals surface area (Å²) in [6.07, 6.45) is 4.32. The number of rotatable bonds is 0. The standard InChI is InChI=1S/C12H23N3O/c1-10-3-2-6-15(9-10)12(16)14-7-4-11(13)5-8-14/h10-11H,2-9,13H2,1H3/t10-/m0/s1. The Balaban J connectivity index is 1.86. The van der Waals surface area contributed by atoms with Gasteiger partial charge < -0.3 is 15.5 Å². The van der Waals surface area contributed by atoms with Gasteiger partial charge in [0.25, 0.3) is 0 Å². The number of likely N-dealkylation sites (tertiary alicyclic amines) is 2. The highest BCUT2D eigenvalue weighted by Crippen LogP contribution is 2.18. The average molecular weight is 225 g/mol. The monoisotopic (exact) mass is 225 g/mol. The van der Waals surface area contributed by atoms with Gasteiger partial charge in [0.05, 0.1) is 0 Å². The molecule has 2 heterocycles. The van der Waals surface area contributed by atoms with Gasteiger partial charge in [0.2, 0.25) is 0 Å². The molecule has 0 spiro atoms. The second kappa shape index (κ2) is 5.04. The number of nitrogens with zero attached hydrogens (tertiary/aromatic N) is 2. The van der Waals surface area contributed by atoms with E-state index in [0.717, 1.165) is 45.4 Å². The molecule has 2 N–H and O–H groups in total. The van der Waals surface area contributed by atoms with E-state index in [1.54, 1.807) is 0 Å². The van der Waals surface area contributed by atoms with E-state index in [0.29, 0.717) is 12.0 Å². The predicted octanol–water partition coefficient (Wildman–Crippen LogP) is 1.26. The van der Waals surface area contributed by atoms with Crippen molar-refractivity contribution in [2.45, 2.75) is 38.6 Å². The number of piperidine rings is 2. The van der Waals surface area contributed by atoms with E-state index in [9.17, 15) is 4.79 Å². The Morgan fingerprint density at radius 2 is 1.81 bits per heavy atom. The van der Waals surface area contributed by atoms with Crippen LogP contribution in [0.5, 0.6) is 0 Å². The molecule has 0 radical (unpaired) electrons. The number of hydrogen-bond acceptors (Lipinski definition) is 2. The highest BCUT2D eigenvalue weighted by Gasteiger charge is 2.27. The average Bonchev–Trinajstić information content (AvgIpc) is 2.29. The van der Waals surface area contributed by atoms with Crippen LogP contribution in [0.2, 0.25) is 0 Å². The molecular formula is C12H23N3O. The molecule has 0 saturated carbocycles. The summed E-state index contributed by atoms with van der Waals surface area (Å²) in [7, 11) is 0. The smallest absolute Gasteiger partial charge is 0.320 e. The molecule has 2 amide bonds. The Hall–Kier alpha value is -0.770. The summed E-state index contributed by atoms with van der Waals surface area (Å²) in [5.41, 5.74) is 5.85. The molecule has 2 aliphatic rings. The summed E-state index contributed by atoms with van der Waals surface area (Å²) >= 11 is 0. The first-order chi connectivity index (χ1) is 7.66. The Morgan fingerprint density at radius 3 is 2.44 bits per heavy atom. The second-order valence-electron chi connectivity index (χ2n) is 5.30. The molecule has 2 aliphatic heterocycles. The zero-order valence-electron chi connectivity index (χ0n) is 10.2. The third-order valence-electron chi connectivity index (χ3n) is 3.74. The lowest BCUT2D eigenvalue weighted by Crippen LogP contribution is -2.51. The van der Waals surface area contributed by atoms with Crippen molar-refractivity contribution in [1.29, 1.82) is 0 Å². The molecule has 0 aromatic carbocycles. The number of nitrogens with two attached hydrogens (primary N) is 1. The first-order valence-electron chi connectivity index (χ1n) is 6.46. The van der Waals surface area contributed by atoms with E-state index in [2.05, 4.69) is 6.92 Å². The highest BCUT2D eigenvalue weighted by atomic mass is 16.2. The number of amides is 2. The van der Waals surface area contributed by atoms with Gasteiger partial charge in [-0.1, -0.05) is 6.92 Å². The molecule has 4 heteroatoms. The summed E-state index contributed by atoms with van der Waals surface area (Å²) in [6, 6.07) is 0.530. The maximum Gasteiger partial charge on any atom is 0.320 e. The molecule has 0 aliphatic carbocycles. The van der Waals surface area contributed by atoms with E-state index in [-0.39, 0.29) is 6.03 Å². The molecule has 0 bridgehead atoms. The molecule has 92 valence electrons. The predicted molar refractivity (Wildman–Crippen MR) is 64.1 cm³/mol. The Bertz CT molecular complexity index is 249. The molecule has 0 aromatic heterocycles. The van der Waals surface area contributed by atoms with Gasteiger partial charge in [-0.2, -0.15) is 0 Å². The number of carbonyl (C=O) groups is 1. The van der Waals surface area contributed by atoms with Crippen molar-refractivity contribution >= 4 is 6.03 Å². The third-order valence-corrected chi connectivity index (χ3v) is 3.74. The van der Waals surface area contributed by atoms with Gasteiger partial charge in [0.15, 0.2) is 0 Å². The number of urea groups is 1.